The van der Waals surface area contributed by atoms with E-state index in [1.54, 1.807) is 14.2 Å². The van der Waals surface area contributed by atoms with E-state index >= 15 is 0 Å². The average Bonchev–Trinajstić information content (AvgIpc) is 2.67. The SMILES string of the molecule is CN=C(NCCCCN1CCN(c2cccc(C)c2)CC1)NCCOC. The third-order valence-electron chi connectivity index (χ3n) is 4.75. The minimum atomic E-state index is 0.690. The van der Waals surface area contributed by atoms with Crippen molar-refractivity contribution in [3.8, 4) is 0 Å². The van der Waals surface area contributed by atoms with E-state index in [0.717, 1.165) is 51.6 Å². The Bertz CT molecular complexity index is 541. The fourth-order valence-corrected chi connectivity index (χ4v) is 3.21. The van der Waals surface area contributed by atoms with E-state index in [1.807, 2.05) is 0 Å². The van der Waals surface area contributed by atoms with Gasteiger partial charge in [0.25, 0.3) is 0 Å². The van der Waals surface area contributed by atoms with Gasteiger partial charge in [-0.05, 0) is 44.0 Å². The lowest BCUT2D eigenvalue weighted by atomic mass is 10.2. The van der Waals surface area contributed by atoms with Crippen LogP contribution in [0.4, 0.5) is 5.69 Å². The van der Waals surface area contributed by atoms with Crippen LogP contribution < -0.4 is 15.5 Å². The van der Waals surface area contributed by atoms with Crippen molar-refractivity contribution in [2.45, 2.75) is 19.8 Å². The molecule has 1 aromatic rings. The first kappa shape index (κ1) is 20.5. The molecule has 0 unspecified atom stereocenters. The second-order valence-electron chi connectivity index (χ2n) is 6.79. The highest BCUT2D eigenvalue weighted by molar-refractivity contribution is 5.79. The summed E-state index contributed by atoms with van der Waals surface area (Å²) in [5, 5.41) is 6.59. The van der Waals surface area contributed by atoms with E-state index in [0.29, 0.717) is 6.61 Å². The highest BCUT2D eigenvalue weighted by Crippen LogP contribution is 2.17. The zero-order valence-electron chi connectivity index (χ0n) is 16.6. The Kier molecular flexibility index (Phi) is 9.28. The third-order valence-corrected chi connectivity index (χ3v) is 4.75. The van der Waals surface area contributed by atoms with E-state index < -0.39 is 0 Å². The van der Waals surface area contributed by atoms with Crippen molar-refractivity contribution in [3.63, 3.8) is 0 Å². The lowest BCUT2D eigenvalue weighted by Gasteiger charge is -2.36. The molecule has 0 atom stereocenters. The van der Waals surface area contributed by atoms with Gasteiger partial charge in [0.1, 0.15) is 0 Å². The van der Waals surface area contributed by atoms with Crippen molar-refractivity contribution in [2.24, 2.45) is 4.99 Å². The molecule has 1 heterocycles. The highest BCUT2D eigenvalue weighted by atomic mass is 16.5. The van der Waals surface area contributed by atoms with Crippen LogP contribution in [-0.2, 0) is 4.74 Å². The maximum atomic E-state index is 5.03. The average molecular weight is 362 g/mol. The Labute approximate surface area is 158 Å². The molecule has 146 valence electrons. The van der Waals surface area contributed by atoms with Gasteiger partial charge in [-0.1, -0.05) is 12.1 Å². The second-order valence-corrected chi connectivity index (χ2v) is 6.79. The van der Waals surface area contributed by atoms with Crippen molar-refractivity contribution in [2.75, 3.05) is 71.5 Å². The molecule has 6 nitrogen and oxygen atoms in total. The molecule has 1 aliphatic rings. The molecule has 2 N–H and O–H groups in total. The molecule has 0 bridgehead atoms. The monoisotopic (exact) mass is 361 g/mol. The summed E-state index contributed by atoms with van der Waals surface area (Å²) in [5.74, 6) is 0.855. The predicted octanol–water partition coefficient (Wildman–Crippen LogP) is 1.71. The molecular formula is C20H35N5O. The molecule has 1 saturated heterocycles. The normalized spacial score (nSPS) is 16.0. The largest absolute Gasteiger partial charge is 0.383 e. The number of methoxy groups -OCH3 is 1. The summed E-state index contributed by atoms with van der Waals surface area (Å²) in [6, 6.07) is 8.83. The van der Waals surface area contributed by atoms with E-state index in [-0.39, 0.29) is 0 Å². The quantitative estimate of drug-likeness (QED) is 0.398. The summed E-state index contributed by atoms with van der Waals surface area (Å²) < 4.78 is 5.03. The molecule has 26 heavy (non-hydrogen) atoms. The van der Waals surface area contributed by atoms with Gasteiger partial charge in [-0.2, -0.15) is 0 Å². The third kappa shape index (κ3) is 7.22. The number of nitrogens with zero attached hydrogens (tertiary/aromatic N) is 3. The first-order valence-corrected chi connectivity index (χ1v) is 9.70. The van der Waals surface area contributed by atoms with Crippen molar-refractivity contribution < 1.29 is 4.74 Å². The molecule has 0 radical (unpaired) electrons. The van der Waals surface area contributed by atoms with Crippen LogP contribution in [0.25, 0.3) is 0 Å². The molecule has 0 spiro atoms. The first-order chi connectivity index (χ1) is 12.7. The number of unbranched alkanes of at least 4 members (excludes halogenated alkanes) is 1. The standard InChI is InChI=1S/C20H35N5O/c1-18-7-6-8-19(17-18)25-14-12-24(13-15-25)11-5-4-9-22-20(21-2)23-10-16-26-3/h6-8,17H,4-5,9-16H2,1-3H3,(H2,21,22,23). The van der Waals surface area contributed by atoms with Gasteiger partial charge in [-0.15, -0.1) is 0 Å². The second kappa shape index (κ2) is 11.8. The number of benzene rings is 1. The van der Waals surface area contributed by atoms with Crippen molar-refractivity contribution in [1.29, 1.82) is 0 Å². The lowest BCUT2D eigenvalue weighted by Crippen LogP contribution is -2.46. The Balaban J connectivity index is 1.56. The zero-order chi connectivity index (χ0) is 18.6. The number of ether oxygens (including phenoxy) is 1. The Morgan fingerprint density at radius 1 is 1.12 bits per heavy atom. The zero-order valence-corrected chi connectivity index (χ0v) is 16.6. The molecule has 0 aliphatic carbocycles. The Morgan fingerprint density at radius 2 is 1.88 bits per heavy atom. The van der Waals surface area contributed by atoms with Crippen LogP contribution >= 0.6 is 0 Å². The molecule has 1 fully saturated rings. The molecule has 0 aromatic heterocycles. The van der Waals surface area contributed by atoms with Gasteiger partial charge in [-0.3, -0.25) is 9.89 Å². The molecule has 1 aromatic carbocycles. The first-order valence-electron chi connectivity index (χ1n) is 9.70. The summed E-state index contributed by atoms with van der Waals surface area (Å²) in [6.45, 7) is 10.3. The summed E-state index contributed by atoms with van der Waals surface area (Å²) in [6.07, 6.45) is 2.37. The van der Waals surface area contributed by atoms with E-state index in [9.17, 15) is 0 Å². The van der Waals surface area contributed by atoms with Crippen molar-refractivity contribution in [3.05, 3.63) is 29.8 Å². The number of guanidine groups is 1. The molecule has 2 rings (SSSR count). The molecule has 1 aliphatic heterocycles. The maximum Gasteiger partial charge on any atom is 0.191 e. The van der Waals surface area contributed by atoms with Gasteiger partial charge in [-0.25, -0.2) is 0 Å². The van der Waals surface area contributed by atoms with Gasteiger partial charge < -0.3 is 20.3 Å². The van der Waals surface area contributed by atoms with E-state index in [4.69, 9.17) is 4.74 Å². The summed E-state index contributed by atoms with van der Waals surface area (Å²) in [7, 11) is 3.51. The van der Waals surface area contributed by atoms with Gasteiger partial charge in [0.05, 0.1) is 6.61 Å². The fourth-order valence-electron chi connectivity index (χ4n) is 3.21. The molecule has 0 saturated carbocycles. The van der Waals surface area contributed by atoms with Crippen molar-refractivity contribution in [1.82, 2.24) is 15.5 Å². The number of rotatable bonds is 9. The minimum absolute atomic E-state index is 0.690. The molecular weight excluding hydrogens is 326 g/mol. The van der Waals surface area contributed by atoms with Crippen LogP contribution in [0.5, 0.6) is 0 Å². The topological polar surface area (TPSA) is 52.1 Å². The fraction of sp³-hybridized carbons (Fsp3) is 0.650. The van der Waals surface area contributed by atoms with Gasteiger partial charge in [0.15, 0.2) is 5.96 Å². The summed E-state index contributed by atoms with van der Waals surface area (Å²) in [5.41, 5.74) is 2.70. The summed E-state index contributed by atoms with van der Waals surface area (Å²) in [4.78, 5) is 9.30. The van der Waals surface area contributed by atoms with Gasteiger partial charge in [0, 0.05) is 59.1 Å². The number of hydrogen-bond donors (Lipinski definition) is 2. The number of anilines is 1. The van der Waals surface area contributed by atoms with Crippen LogP contribution in [0.3, 0.4) is 0 Å². The number of aryl methyl sites for hydroxylation is 1. The van der Waals surface area contributed by atoms with Crippen LogP contribution in [0.1, 0.15) is 18.4 Å². The number of hydrogen-bond acceptors (Lipinski definition) is 4. The Morgan fingerprint density at radius 3 is 2.58 bits per heavy atom. The maximum absolute atomic E-state index is 5.03. The number of nitrogens with one attached hydrogen (secondary N) is 2. The smallest absolute Gasteiger partial charge is 0.191 e. The van der Waals surface area contributed by atoms with E-state index in [1.165, 1.54) is 24.2 Å². The van der Waals surface area contributed by atoms with E-state index in [2.05, 4.69) is 56.6 Å². The highest BCUT2D eigenvalue weighted by Gasteiger charge is 2.16. The Hall–Kier alpha value is -1.79. The number of piperazine rings is 1. The molecule has 6 heteroatoms. The number of aliphatic imine (C=N–C) groups is 1. The van der Waals surface area contributed by atoms with Crippen LogP contribution in [0.2, 0.25) is 0 Å². The minimum Gasteiger partial charge on any atom is -0.383 e. The van der Waals surface area contributed by atoms with Crippen LogP contribution in [0.15, 0.2) is 29.3 Å². The summed E-state index contributed by atoms with van der Waals surface area (Å²) >= 11 is 0. The lowest BCUT2D eigenvalue weighted by molar-refractivity contribution is 0.203. The predicted molar refractivity (Wildman–Crippen MR) is 110 cm³/mol. The van der Waals surface area contributed by atoms with Gasteiger partial charge in [0.2, 0.25) is 0 Å². The van der Waals surface area contributed by atoms with Crippen LogP contribution in [-0.4, -0.2) is 77.4 Å². The molecule has 0 amide bonds. The van der Waals surface area contributed by atoms with Crippen LogP contribution in [0, 0.1) is 6.92 Å². The van der Waals surface area contributed by atoms with Gasteiger partial charge >= 0.3 is 0 Å². The van der Waals surface area contributed by atoms with Crippen molar-refractivity contribution >= 4 is 11.6 Å².